The van der Waals surface area contributed by atoms with E-state index in [2.05, 4.69) is 15.5 Å². The van der Waals surface area contributed by atoms with E-state index in [4.69, 9.17) is 5.73 Å². The number of nitrogens with zero attached hydrogens (tertiary/aromatic N) is 3. The SMILES string of the molecule is CC(NC(=O)c1ccc(N)cc1F)c1nnc2n1CCC2. The van der Waals surface area contributed by atoms with Gasteiger partial charge in [0.15, 0.2) is 5.82 Å². The van der Waals surface area contributed by atoms with Crippen molar-refractivity contribution >= 4 is 11.6 Å². The zero-order chi connectivity index (χ0) is 15.0. The number of aromatic nitrogens is 3. The van der Waals surface area contributed by atoms with Crippen molar-refractivity contribution in [1.29, 1.82) is 0 Å². The van der Waals surface area contributed by atoms with E-state index in [-0.39, 0.29) is 17.3 Å². The molecule has 110 valence electrons. The highest BCUT2D eigenvalue weighted by molar-refractivity contribution is 5.95. The molecule has 3 rings (SSSR count). The molecule has 1 amide bonds. The highest BCUT2D eigenvalue weighted by Gasteiger charge is 2.23. The number of amides is 1. The predicted octanol–water partition coefficient (Wildman–Crippen LogP) is 1.44. The minimum Gasteiger partial charge on any atom is -0.399 e. The molecule has 0 saturated carbocycles. The largest absolute Gasteiger partial charge is 0.399 e. The summed E-state index contributed by atoms with van der Waals surface area (Å²) in [5.41, 5.74) is 5.73. The Morgan fingerprint density at radius 3 is 3.05 bits per heavy atom. The summed E-state index contributed by atoms with van der Waals surface area (Å²) >= 11 is 0. The first kappa shape index (κ1) is 13.5. The van der Waals surface area contributed by atoms with Crippen molar-refractivity contribution < 1.29 is 9.18 Å². The molecule has 0 bridgehead atoms. The Balaban J connectivity index is 1.77. The summed E-state index contributed by atoms with van der Waals surface area (Å²) in [6, 6.07) is 3.67. The van der Waals surface area contributed by atoms with E-state index in [1.54, 1.807) is 0 Å². The first-order valence-electron chi connectivity index (χ1n) is 6.84. The Bertz CT molecular complexity index is 697. The zero-order valence-electron chi connectivity index (χ0n) is 11.6. The molecule has 1 aliphatic rings. The molecule has 2 aromatic rings. The van der Waals surface area contributed by atoms with Crippen LogP contribution >= 0.6 is 0 Å². The third kappa shape index (κ3) is 2.46. The molecule has 0 spiro atoms. The fraction of sp³-hybridized carbons (Fsp3) is 0.357. The third-order valence-corrected chi connectivity index (χ3v) is 3.61. The number of benzene rings is 1. The average molecular weight is 289 g/mol. The molecule has 0 aliphatic carbocycles. The van der Waals surface area contributed by atoms with Crippen molar-refractivity contribution in [2.75, 3.05) is 5.73 Å². The molecule has 21 heavy (non-hydrogen) atoms. The molecule has 0 saturated heterocycles. The summed E-state index contributed by atoms with van der Waals surface area (Å²) in [5, 5.41) is 10.9. The summed E-state index contributed by atoms with van der Waals surface area (Å²) in [7, 11) is 0. The second-order valence-corrected chi connectivity index (χ2v) is 5.16. The van der Waals surface area contributed by atoms with Crippen molar-refractivity contribution in [2.45, 2.75) is 32.4 Å². The molecular formula is C14H16FN5O. The van der Waals surface area contributed by atoms with Crippen LogP contribution in [0.25, 0.3) is 0 Å². The molecule has 3 N–H and O–H groups in total. The van der Waals surface area contributed by atoms with E-state index in [0.29, 0.717) is 5.82 Å². The van der Waals surface area contributed by atoms with Gasteiger partial charge in [-0.25, -0.2) is 4.39 Å². The average Bonchev–Trinajstić information content (AvgIpc) is 3.00. The minimum absolute atomic E-state index is 0.0304. The minimum atomic E-state index is -0.633. The maximum atomic E-state index is 13.7. The lowest BCUT2D eigenvalue weighted by molar-refractivity contribution is 0.0933. The molecule has 1 aliphatic heterocycles. The number of aryl methyl sites for hydroxylation is 1. The first-order chi connectivity index (χ1) is 10.1. The number of nitrogens with two attached hydrogens (primary N) is 1. The van der Waals surface area contributed by atoms with Gasteiger partial charge in [0.1, 0.15) is 11.6 Å². The van der Waals surface area contributed by atoms with Crippen molar-refractivity contribution in [3.05, 3.63) is 41.2 Å². The Hall–Kier alpha value is -2.44. The normalized spacial score (nSPS) is 14.8. The Kier molecular flexibility index (Phi) is 3.32. The second-order valence-electron chi connectivity index (χ2n) is 5.16. The molecule has 1 unspecified atom stereocenters. The number of carbonyl (C=O) groups is 1. The first-order valence-corrected chi connectivity index (χ1v) is 6.84. The van der Waals surface area contributed by atoms with Crippen molar-refractivity contribution in [2.24, 2.45) is 0 Å². The summed E-state index contributed by atoms with van der Waals surface area (Å²) in [6.45, 7) is 2.66. The summed E-state index contributed by atoms with van der Waals surface area (Å²) in [6.07, 6.45) is 1.94. The van der Waals surface area contributed by atoms with Crippen molar-refractivity contribution in [3.8, 4) is 0 Å². The molecular weight excluding hydrogens is 273 g/mol. The smallest absolute Gasteiger partial charge is 0.254 e. The van der Waals surface area contributed by atoms with E-state index in [0.717, 1.165) is 31.3 Å². The standard InChI is InChI=1S/C14H16FN5O/c1-8(13-19-18-12-3-2-6-20(12)13)17-14(21)10-5-4-9(16)7-11(10)15/h4-5,7-8H,2-3,6,16H2,1H3,(H,17,21). The van der Waals surface area contributed by atoms with Crippen LogP contribution in [0.2, 0.25) is 0 Å². The summed E-state index contributed by atoms with van der Waals surface area (Å²) < 4.78 is 15.7. The maximum absolute atomic E-state index is 13.7. The van der Waals surface area contributed by atoms with E-state index in [1.807, 2.05) is 11.5 Å². The number of hydrogen-bond acceptors (Lipinski definition) is 4. The van der Waals surface area contributed by atoms with Crippen molar-refractivity contribution in [1.82, 2.24) is 20.1 Å². The lowest BCUT2D eigenvalue weighted by Crippen LogP contribution is -2.29. The van der Waals surface area contributed by atoms with Crippen molar-refractivity contribution in [3.63, 3.8) is 0 Å². The number of hydrogen-bond donors (Lipinski definition) is 2. The van der Waals surface area contributed by atoms with E-state index < -0.39 is 11.7 Å². The number of nitrogens with one attached hydrogen (secondary N) is 1. The molecule has 6 nitrogen and oxygen atoms in total. The van der Waals surface area contributed by atoms with Gasteiger partial charge >= 0.3 is 0 Å². The van der Waals surface area contributed by atoms with Gasteiger partial charge in [0.05, 0.1) is 11.6 Å². The number of nitrogen functional groups attached to an aromatic ring is 1. The summed E-state index contributed by atoms with van der Waals surface area (Å²) in [5.74, 6) is 0.512. The van der Waals surface area contributed by atoms with Gasteiger partial charge in [0.25, 0.3) is 5.91 Å². The third-order valence-electron chi connectivity index (χ3n) is 3.61. The van der Waals surface area contributed by atoms with Gasteiger partial charge in [-0.05, 0) is 31.5 Å². The molecule has 0 radical (unpaired) electrons. The number of anilines is 1. The Morgan fingerprint density at radius 2 is 2.29 bits per heavy atom. The quantitative estimate of drug-likeness (QED) is 0.837. The molecule has 1 aromatic carbocycles. The number of halogens is 1. The molecule has 2 heterocycles. The number of carbonyl (C=O) groups excluding carboxylic acids is 1. The van der Waals surface area contributed by atoms with Gasteiger partial charge in [0, 0.05) is 18.7 Å². The highest BCUT2D eigenvalue weighted by atomic mass is 19.1. The van der Waals surface area contributed by atoms with Gasteiger partial charge < -0.3 is 15.6 Å². The van der Waals surface area contributed by atoms with Crippen LogP contribution < -0.4 is 11.1 Å². The second kappa shape index (κ2) is 5.16. The van der Waals surface area contributed by atoms with Crippen LogP contribution in [0.3, 0.4) is 0 Å². The lowest BCUT2D eigenvalue weighted by Gasteiger charge is -2.14. The monoisotopic (exact) mass is 289 g/mol. The van der Waals surface area contributed by atoms with Crippen LogP contribution in [0.4, 0.5) is 10.1 Å². The van der Waals surface area contributed by atoms with Gasteiger partial charge in [-0.2, -0.15) is 0 Å². The van der Waals surface area contributed by atoms with E-state index in [9.17, 15) is 9.18 Å². The predicted molar refractivity (Wildman–Crippen MR) is 75.0 cm³/mol. The molecule has 7 heteroatoms. The van der Waals surface area contributed by atoms with Crippen LogP contribution in [0, 0.1) is 5.82 Å². The van der Waals surface area contributed by atoms with Gasteiger partial charge in [-0.15, -0.1) is 10.2 Å². The topological polar surface area (TPSA) is 85.8 Å². The van der Waals surface area contributed by atoms with Crippen LogP contribution in [0.1, 0.15) is 41.4 Å². The van der Waals surface area contributed by atoms with E-state index >= 15 is 0 Å². The van der Waals surface area contributed by atoms with Crippen LogP contribution in [-0.4, -0.2) is 20.7 Å². The Labute approximate surface area is 121 Å². The van der Waals surface area contributed by atoms with Gasteiger partial charge in [0.2, 0.25) is 0 Å². The summed E-state index contributed by atoms with van der Waals surface area (Å²) in [4.78, 5) is 12.1. The fourth-order valence-electron chi connectivity index (χ4n) is 2.55. The van der Waals surface area contributed by atoms with E-state index in [1.165, 1.54) is 12.1 Å². The molecule has 1 aromatic heterocycles. The van der Waals surface area contributed by atoms with Crippen LogP contribution in [0.5, 0.6) is 0 Å². The number of rotatable bonds is 3. The Morgan fingerprint density at radius 1 is 1.48 bits per heavy atom. The maximum Gasteiger partial charge on any atom is 0.254 e. The molecule has 0 fully saturated rings. The zero-order valence-corrected chi connectivity index (χ0v) is 11.6. The lowest BCUT2D eigenvalue weighted by atomic mass is 10.1. The fourth-order valence-corrected chi connectivity index (χ4v) is 2.55. The van der Waals surface area contributed by atoms with Crippen LogP contribution in [-0.2, 0) is 13.0 Å². The van der Waals surface area contributed by atoms with Gasteiger partial charge in [-0.1, -0.05) is 0 Å². The highest BCUT2D eigenvalue weighted by Crippen LogP contribution is 2.20. The van der Waals surface area contributed by atoms with Gasteiger partial charge in [-0.3, -0.25) is 4.79 Å². The van der Waals surface area contributed by atoms with Crippen LogP contribution in [0.15, 0.2) is 18.2 Å². The number of fused-ring (bicyclic) bond motifs is 1. The molecule has 1 atom stereocenters.